The van der Waals surface area contributed by atoms with Crippen LogP contribution in [0.3, 0.4) is 0 Å². The Labute approximate surface area is 75.5 Å². The van der Waals surface area contributed by atoms with Gasteiger partial charge in [0.15, 0.2) is 0 Å². The number of halogens is 2. The SMILES string of the molecule is CC/C=C/Cl.CN(C)C.Cl. The van der Waals surface area contributed by atoms with Gasteiger partial charge >= 0.3 is 0 Å². The van der Waals surface area contributed by atoms with E-state index >= 15 is 0 Å². The van der Waals surface area contributed by atoms with Gasteiger partial charge in [-0.05, 0) is 27.6 Å². The zero-order valence-corrected chi connectivity index (χ0v) is 8.67. The Balaban J connectivity index is -0.0000000910. The van der Waals surface area contributed by atoms with Crippen molar-refractivity contribution in [1.82, 2.24) is 4.90 Å². The zero-order chi connectivity index (χ0) is 7.70. The van der Waals surface area contributed by atoms with E-state index in [0.29, 0.717) is 0 Å². The van der Waals surface area contributed by atoms with Crippen LogP contribution < -0.4 is 0 Å². The van der Waals surface area contributed by atoms with Crippen LogP contribution in [0.5, 0.6) is 0 Å². The summed E-state index contributed by atoms with van der Waals surface area (Å²) in [6.45, 7) is 2.04. The highest BCUT2D eigenvalue weighted by atomic mass is 35.5. The molecule has 0 aromatic carbocycles. The lowest BCUT2D eigenvalue weighted by atomic mass is 10.5. The van der Waals surface area contributed by atoms with Crippen molar-refractivity contribution in [1.29, 1.82) is 0 Å². The fourth-order valence-electron chi connectivity index (χ4n) is 0.0891. The number of hydrogen-bond acceptors (Lipinski definition) is 1. The van der Waals surface area contributed by atoms with Gasteiger partial charge in [-0.2, -0.15) is 0 Å². The van der Waals surface area contributed by atoms with E-state index in [0.717, 1.165) is 6.42 Å². The zero-order valence-electron chi connectivity index (χ0n) is 7.10. The van der Waals surface area contributed by atoms with Gasteiger partial charge in [0.2, 0.25) is 0 Å². The van der Waals surface area contributed by atoms with Crippen molar-refractivity contribution < 1.29 is 0 Å². The predicted octanol–water partition coefficient (Wildman–Crippen LogP) is 2.75. The van der Waals surface area contributed by atoms with Crippen LogP contribution in [-0.2, 0) is 0 Å². The van der Waals surface area contributed by atoms with E-state index in [9.17, 15) is 0 Å². The molecule has 0 radical (unpaired) electrons. The van der Waals surface area contributed by atoms with Crippen molar-refractivity contribution in [3.05, 3.63) is 11.6 Å². The summed E-state index contributed by atoms with van der Waals surface area (Å²) in [4.78, 5) is 2.00. The van der Waals surface area contributed by atoms with E-state index in [2.05, 4.69) is 0 Å². The Morgan fingerprint density at radius 2 is 1.60 bits per heavy atom. The monoisotopic (exact) mass is 185 g/mol. The van der Waals surface area contributed by atoms with Crippen molar-refractivity contribution >= 4 is 24.0 Å². The molecular weight excluding hydrogens is 169 g/mol. The molecule has 0 saturated heterocycles. The summed E-state index contributed by atoms with van der Waals surface area (Å²) in [5, 5.41) is 0. The largest absolute Gasteiger partial charge is 0.312 e. The molecule has 10 heavy (non-hydrogen) atoms. The topological polar surface area (TPSA) is 3.24 Å². The molecule has 0 aliphatic carbocycles. The van der Waals surface area contributed by atoms with E-state index in [1.165, 1.54) is 5.54 Å². The van der Waals surface area contributed by atoms with Crippen LogP contribution in [0.4, 0.5) is 0 Å². The van der Waals surface area contributed by atoms with E-state index in [4.69, 9.17) is 11.6 Å². The standard InChI is InChI=1S/C4H7Cl.C3H9N.ClH/c1-2-3-4-5;1-4(2)3;/h3-4H,2H2,1H3;1-3H3;1H/b4-3+;;. The van der Waals surface area contributed by atoms with Crippen molar-refractivity contribution in [2.45, 2.75) is 13.3 Å². The molecular formula is C7H17Cl2N. The van der Waals surface area contributed by atoms with Gasteiger partial charge in [-0.1, -0.05) is 24.6 Å². The molecule has 0 spiro atoms. The van der Waals surface area contributed by atoms with Gasteiger partial charge in [-0.3, -0.25) is 0 Å². The average molecular weight is 186 g/mol. The van der Waals surface area contributed by atoms with Crippen molar-refractivity contribution in [2.75, 3.05) is 21.1 Å². The first-order valence-electron chi connectivity index (χ1n) is 3.01. The molecule has 3 heteroatoms. The highest BCUT2D eigenvalue weighted by Crippen LogP contribution is 1.80. The maximum atomic E-state index is 5.12. The molecule has 0 aromatic heterocycles. The summed E-state index contributed by atoms with van der Waals surface area (Å²) in [6, 6.07) is 0. The van der Waals surface area contributed by atoms with Gasteiger partial charge in [0, 0.05) is 5.54 Å². The van der Waals surface area contributed by atoms with Crippen LogP contribution in [0, 0.1) is 0 Å². The third-order valence-corrected chi connectivity index (χ3v) is 0.503. The summed E-state index contributed by atoms with van der Waals surface area (Å²) in [5.74, 6) is 0. The Hall–Kier alpha value is 0.280. The van der Waals surface area contributed by atoms with Gasteiger partial charge in [0.05, 0.1) is 0 Å². The molecule has 0 N–H and O–H groups in total. The lowest BCUT2D eigenvalue weighted by Gasteiger charge is -1.90. The Bertz CT molecular complexity index is 59.9. The summed E-state index contributed by atoms with van der Waals surface area (Å²) < 4.78 is 0. The smallest absolute Gasteiger partial charge is 0.000235 e. The molecule has 0 atom stereocenters. The Morgan fingerprint density at radius 3 is 1.60 bits per heavy atom. The van der Waals surface area contributed by atoms with Gasteiger partial charge < -0.3 is 4.90 Å². The lowest BCUT2D eigenvalue weighted by Crippen LogP contribution is -1.99. The predicted molar refractivity (Wildman–Crippen MR) is 52.1 cm³/mol. The van der Waals surface area contributed by atoms with Crippen molar-refractivity contribution in [3.63, 3.8) is 0 Å². The van der Waals surface area contributed by atoms with Crippen LogP contribution in [0.1, 0.15) is 13.3 Å². The molecule has 0 bridgehead atoms. The fraction of sp³-hybridized carbons (Fsp3) is 0.714. The van der Waals surface area contributed by atoms with Gasteiger partial charge in [-0.15, -0.1) is 12.4 Å². The first kappa shape index (κ1) is 16.7. The quantitative estimate of drug-likeness (QED) is 0.608. The van der Waals surface area contributed by atoms with Crippen LogP contribution in [0.15, 0.2) is 11.6 Å². The Kier molecular flexibility index (Phi) is 26.9. The van der Waals surface area contributed by atoms with Crippen LogP contribution in [-0.4, -0.2) is 26.0 Å². The van der Waals surface area contributed by atoms with Gasteiger partial charge in [0.25, 0.3) is 0 Å². The highest BCUT2D eigenvalue weighted by Gasteiger charge is 1.58. The van der Waals surface area contributed by atoms with E-state index in [1.54, 1.807) is 0 Å². The minimum absolute atomic E-state index is 0. The third-order valence-electron chi connectivity index (χ3n) is 0.325. The number of rotatable bonds is 1. The molecule has 0 aliphatic heterocycles. The van der Waals surface area contributed by atoms with Crippen LogP contribution >= 0.6 is 24.0 Å². The van der Waals surface area contributed by atoms with Gasteiger partial charge in [0.1, 0.15) is 0 Å². The number of allylic oxidation sites excluding steroid dienone is 1. The number of nitrogens with zero attached hydrogens (tertiary/aromatic N) is 1. The molecule has 0 heterocycles. The normalized spacial score (nSPS) is 8.60. The average Bonchev–Trinajstić information content (AvgIpc) is 1.66. The molecule has 0 saturated carbocycles. The summed E-state index contributed by atoms with van der Waals surface area (Å²) in [5.41, 5.74) is 1.53. The minimum atomic E-state index is 0. The fourth-order valence-corrected chi connectivity index (χ4v) is 0.267. The van der Waals surface area contributed by atoms with Crippen LogP contribution in [0.25, 0.3) is 0 Å². The van der Waals surface area contributed by atoms with E-state index in [-0.39, 0.29) is 12.4 Å². The second-order valence-electron chi connectivity index (χ2n) is 2.11. The summed E-state index contributed by atoms with van der Waals surface area (Å²) in [6.07, 6.45) is 2.92. The van der Waals surface area contributed by atoms with Crippen molar-refractivity contribution in [3.8, 4) is 0 Å². The molecule has 64 valence electrons. The molecule has 0 unspecified atom stereocenters. The highest BCUT2D eigenvalue weighted by molar-refractivity contribution is 6.25. The molecule has 0 aromatic rings. The summed E-state index contributed by atoms with van der Waals surface area (Å²) >= 11 is 5.12. The maximum absolute atomic E-state index is 5.12. The second-order valence-corrected chi connectivity index (χ2v) is 2.36. The Morgan fingerprint density at radius 1 is 1.30 bits per heavy atom. The molecule has 0 aliphatic rings. The molecule has 0 fully saturated rings. The van der Waals surface area contributed by atoms with E-state index in [1.807, 2.05) is 39.0 Å². The maximum Gasteiger partial charge on any atom is 0.000235 e. The molecule has 0 rings (SSSR count). The molecule has 0 amide bonds. The second kappa shape index (κ2) is 16.1. The number of hydrogen-bond donors (Lipinski definition) is 0. The lowest BCUT2D eigenvalue weighted by molar-refractivity contribution is 0.505. The summed E-state index contributed by atoms with van der Waals surface area (Å²) in [7, 11) is 6.00. The van der Waals surface area contributed by atoms with Crippen molar-refractivity contribution in [2.24, 2.45) is 0 Å². The van der Waals surface area contributed by atoms with E-state index < -0.39 is 0 Å². The third kappa shape index (κ3) is 84.4. The van der Waals surface area contributed by atoms with Crippen LogP contribution in [0.2, 0.25) is 0 Å². The first-order chi connectivity index (χ1) is 4.15. The van der Waals surface area contributed by atoms with Gasteiger partial charge in [-0.25, -0.2) is 0 Å². The molecule has 1 nitrogen and oxygen atoms in total. The first-order valence-corrected chi connectivity index (χ1v) is 3.44. The minimum Gasteiger partial charge on any atom is -0.312 e.